The van der Waals surface area contributed by atoms with Gasteiger partial charge in [-0.05, 0) is 171 Å². The van der Waals surface area contributed by atoms with Crippen molar-refractivity contribution in [3.63, 3.8) is 0 Å². The van der Waals surface area contributed by atoms with Gasteiger partial charge in [-0.3, -0.25) is 0 Å². The van der Waals surface area contributed by atoms with Gasteiger partial charge in [0, 0.05) is 22.5 Å². The Balaban J connectivity index is 0.995. The normalized spacial score (nSPS) is 20.8. The number of nitrogens with zero attached hydrogens (tertiary/aromatic N) is 1. The molecule has 1 heteroatoms. The molecular weight excluding hydrogens is 687 g/mol. The maximum absolute atomic E-state index is 2.52. The van der Waals surface area contributed by atoms with E-state index in [4.69, 9.17) is 0 Å². The Kier molecular flexibility index (Phi) is 8.50. The molecule has 7 aromatic rings. The molecule has 282 valence electrons. The number of anilines is 3. The van der Waals surface area contributed by atoms with E-state index in [0.717, 1.165) is 17.8 Å². The van der Waals surface area contributed by atoms with Gasteiger partial charge in [0.15, 0.2) is 0 Å². The van der Waals surface area contributed by atoms with Gasteiger partial charge < -0.3 is 4.90 Å². The van der Waals surface area contributed by atoms with Gasteiger partial charge in [-0.15, -0.1) is 0 Å². The highest BCUT2D eigenvalue weighted by atomic mass is 15.1. The zero-order valence-corrected chi connectivity index (χ0v) is 33.6. The summed E-state index contributed by atoms with van der Waals surface area (Å²) in [6.45, 7) is 4.84. The maximum Gasteiger partial charge on any atom is 0.0467 e. The summed E-state index contributed by atoms with van der Waals surface area (Å²) in [5.41, 5.74) is 17.3. The molecule has 0 heterocycles. The summed E-state index contributed by atoms with van der Waals surface area (Å²) in [5, 5.41) is 2.57. The summed E-state index contributed by atoms with van der Waals surface area (Å²) < 4.78 is 0. The molecule has 3 atom stereocenters. The number of hydrogen-bond donors (Lipinski definition) is 0. The Hall–Kier alpha value is -5.40. The molecule has 57 heavy (non-hydrogen) atoms. The van der Waals surface area contributed by atoms with Crippen molar-refractivity contribution in [3.05, 3.63) is 174 Å². The van der Waals surface area contributed by atoms with E-state index < -0.39 is 0 Å². The van der Waals surface area contributed by atoms with E-state index in [1.54, 1.807) is 0 Å². The second kappa shape index (κ2) is 13.9. The van der Waals surface area contributed by atoms with Gasteiger partial charge >= 0.3 is 0 Å². The molecular formula is C56H53N. The molecule has 2 bridgehead atoms. The molecule has 11 rings (SSSR count). The van der Waals surface area contributed by atoms with Crippen molar-refractivity contribution in [1.29, 1.82) is 0 Å². The molecule has 4 aliphatic rings. The molecule has 0 aliphatic heterocycles. The molecule has 0 radical (unpaired) electrons. The van der Waals surface area contributed by atoms with Crippen molar-refractivity contribution in [3.8, 4) is 33.4 Å². The molecule has 1 nitrogen and oxygen atoms in total. The van der Waals surface area contributed by atoms with E-state index in [1.807, 2.05) is 0 Å². The third-order valence-electron chi connectivity index (χ3n) is 14.7. The molecule has 4 aliphatic carbocycles. The Morgan fingerprint density at radius 2 is 1.18 bits per heavy atom. The number of rotatable bonds is 7. The monoisotopic (exact) mass is 739 g/mol. The highest BCUT2D eigenvalue weighted by molar-refractivity contribution is 5.90. The van der Waals surface area contributed by atoms with E-state index in [2.05, 4.69) is 170 Å². The first-order valence-corrected chi connectivity index (χ1v) is 21.9. The Bertz CT molecular complexity index is 2620. The van der Waals surface area contributed by atoms with Crippen molar-refractivity contribution in [2.75, 3.05) is 4.90 Å². The Morgan fingerprint density at radius 1 is 0.474 bits per heavy atom. The van der Waals surface area contributed by atoms with Crippen LogP contribution in [0.3, 0.4) is 0 Å². The van der Waals surface area contributed by atoms with Crippen LogP contribution in [0.15, 0.2) is 152 Å². The SMILES string of the molecule is CC1(C)c2cc(-c3ccc4ccccc4c3)ccc2-c2ccc(N(c3ccc(C4CC5CCC4C5)cc3)c3cccc(-c4ccccc4C4CCCCC4)c3)cc21. The van der Waals surface area contributed by atoms with E-state index in [0.29, 0.717) is 5.92 Å². The maximum atomic E-state index is 2.52. The third-order valence-corrected chi connectivity index (χ3v) is 14.7. The fourth-order valence-corrected chi connectivity index (χ4v) is 11.7. The van der Waals surface area contributed by atoms with Crippen LogP contribution < -0.4 is 4.90 Å². The van der Waals surface area contributed by atoms with Crippen LogP contribution in [0.4, 0.5) is 17.1 Å². The van der Waals surface area contributed by atoms with Gasteiger partial charge in [-0.25, -0.2) is 0 Å². The fourth-order valence-electron chi connectivity index (χ4n) is 11.7. The number of hydrogen-bond acceptors (Lipinski definition) is 1. The first-order chi connectivity index (χ1) is 28.0. The van der Waals surface area contributed by atoms with Gasteiger partial charge in [0.05, 0.1) is 0 Å². The molecule has 0 spiro atoms. The van der Waals surface area contributed by atoms with Crippen LogP contribution in [-0.4, -0.2) is 0 Å². The molecule has 0 aromatic heterocycles. The standard InChI is InChI=1S/C56H53N/c1-56(2)54-35-43(42-22-21-38-11-6-7-14-41(38)33-42)25-29-51(54)52-30-28-48(36-55(52)56)57(46-26-23-40(24-27-46)53-32-37-19-20-45(53)31-37)47-16-10-15-44(34-47)50-18-9-8-17-49(50)39-12-4-3-5-13-39/h6-11,14-18,21-30,33-37,39,45,53H,3-5,12-13,19-20,31-32H2,1-2H3. The van der Waals surface area contributed by atoms with Crippen LogP contribution in [-0.2, 0) is 5.41 Å². The second-order valence-electron chi connectivity index (χ2n) is 18.4. The van der Waals surface area contributed by atoms with Crippen LogP contribution >= 0.6 is 0 Å². The topological polar surface area (TPSA) is 3.24 Å². The fraction of sp³-hybridized carbons (Fsp3) is 0.286. The van der Waals surface area contributed by atoms with Gasteiger partial charge in [-0.1, -0.05) is 143 Å². The zero-order valence-electron chi connectivity index (χ0n) is 33.6. The lowest BCUT2D eigenvalue weighted by Crippen LogP contribution is -2.17. The summed E-state index contributed by atoms with van der Waals surface area (Å²) in [5.74, 6) is 3.19. The average Bonchev–Trinajstić information content (AvgIpc) is 3.97. The van der Waals surface area contributed by atoms with Crippen LogP contribution in [0.1, 0.15) is 106 Å². The van der Waals surface area contributed by atoms with Crippen molar-refractivity contribution < 1.29 is 0 Å². The first-order valence-electron chi connectivity index (χ1n) is 21.9. The van der Waals surface area contributed by atoms with Gasteiger partial charge in [0.1, 0.15) is 0 Å². The molecule has 3 saturated carbocycles. The van der Waals surface area contributed by atoms with Crippen molar-refractivity contribution >= 4 is 27.8 Å². The Labute approximate surface area is 339 Å². The van der Waals surface area contributed by atoms with Crippen molar-refractivity contribution in [2.24, 2.45) is 11.8 Å². The average molecular weight is 740 g/mol. The molecule has 7 aromatic carbocycles. The van der Waals surface area contributed by atoms with Gasteiger partial charge in [-0.2, -0.15) is 0 Å². The van der Waals surface area contributed by atoms with Crippen molar-refractivity contribution in [2.45, 2.75) is 88.9 Å². The van der Waals surface area contributed by atoms with E-state index in [-0.39, 0.29) is 5.41 Å². The minimum atomic E-state index is -0.147. The van der Waals surface area contributed by atoms with Crippen LogP contribution in [0, 0.1) is 11.8 Å². The molecule has 3 unspecified atom stereocenters. The van der Waals surface area contributed by atoms with Crippen LogP contribution in [0.25, 0.3) is 44.2 Å². The molecule has 0 amide bonds. The largest absolute Gasteiger partial charge is 0.310 e. The van der Waals surface area contributed by atoms with E-state index in [9.17, 15) is 0 Å². The zero-order chi connectivity index (χ0) is 38.1. The van der Waals surface area contributed by atoms with Crippen LogP contribution in [0.2, 0.25) is 0 Å². The second-order valence-corrected chi connectivity index (χ2v) is 18.4. The minimum Gasteiger partial charge on any atom is -0.310 e. The number of benzene rings is 7. The molecule has 0 saturated heterocycles. The lowest BCUT2D eigenvalue weighted by molar-refractivity contribution is 0.420. The summed E-state index contributed by atoms with van der Waals surface area (Å²) in [6, 6.07) is 58.3. The summed E-state index contributed by atoms with van der Waals surface area (Å²) in [7, 11) is 0. The summed E-state index contributed by atoms with van der Waals surface area (Å²) in [4.78, 5) is 2.52. The summed E-state index contributed by atoms with van der Waals surface area (Å²) in [6.07, 6.45) is 12.3. The summed E-state index contributed by atoms with van der Waals surface area (Å²) >= 11 is 0. The third kappa shape index (κ3) is 6.05. The minimum absolute atomic E-state index is 0.147. The quantitative estimate of drug-likeness (QED) is 0.157. The highest BCUT2D eigenvalue weighted by Gasteiger charge is 2.40. The van der Waals surface area contributed by atoms with Crippen LogP contribution in [0.5, 0.6) is 0 Å². The first kappa shape index (κ1) is 34.8. The van der Waals surface area contributed by atoms with E-state index in [1.165, 1.54) is 141 Å². The smallest absolute Gasteiger partial charge is 0.0467 e. The van der Waals surface area contributed by atoms with Gasteiger partial charge in [0.25, 0.3) is 0 Å². The lowest BCUT2D eigenvalue weighted by Gasteiger charge is -2.29. The van der Waals surface area contributed by atoms with Crippen molar-refractivity contribution in [1.82, 2.24) is 0 Å². The predicted molar refractivity (Wildman–Crippen MR) is 241 cm³/mol. The molecule has 0 N–H and O–H groups in total. The van der Waals surface area contributed by atoms with Gasteiger partial charge in [0.2, 0.25) is 0 Å². The number of fused-ring (bicyclic) bond motifs is 6. The predicted octanol–water partition coefficient (Wildman–Crippen LogP) is 15.9. The Morgan fingerprint density at radius 3 is 1.98 bits per heavy atom. The highest BCUT2D eigenvalue weighted by Crippen LogP contribution is 2.54. The van der Waals surface area contributed by atoms with E-state index >= 15 is 0 Å². The molecule has 3 fully saturated rings. The lowest BCUT2D eigenvalue weighted by atomic mass is 9.81.